The van der Waals surface area contributed by atoms with E-state index in [1.165, 1.54) is 12.1 Å². The largest absolute Gasteiger partial charge is 0.493 e. The van der Waals surface area contributed by atoms with Crippen LogP contribution in [0, 0.1) is 10.1 Å². The summed E-state index contributed by atoms with van der Waals surface area (Å²) in [5, 5.41) is 10.9. The predicted octanol–water partition coefficient (Wildman–Crippen LogP) is 3.58. The number of carbonyl (C=O) groups is 1. The van der Waals surface area contributed by atoms with Crippen molar-refractivity contribution in [1.82, 2.24) is 4.90 Å². The molecule has 0 aromatic heterocycles. The van der Waals surface area contributed by atoms with Crippen LogP contribution in [-0.2, 0) is 4.79 Å². The lowest BCUT2D eigenvalue weighted by molar-refractivity contribution is -0.384. The number of amides is 1. The van der Waals surface area contributed by atoms with Gasteiger partial charge in [0.05, 0.1) is 24.0 Å². The van der Waals surface area contributed by atoms with Crippen LogP contribution in [0.5, 0.6) is 5.75 Å². The summed E-state index contributed by atoms with van der Waals surface area (Å²) in [6, 6.07) is 15.4. The van der Waals surface area contributed by atoms with E-state index in [2.05, 4.69) is 0 Å². The van der Waals surface area contributed by atoms with E-state index < -0.39 is 4.92 Å². The minimum absolute atomic E-state index is 0.0209. The monoisotopic (exact) mass is 328 g/mol. The third-order valence-corrected chi connectivity index (χ3v) is 3.87. The summed E-state index contributed by atoms with van der Waals surface area (Å²) in [4.78, 5) is 24.3. The smallest absolute Gasteiger partial charge is 0.269 e. The van der Waals surface area contributed by atoms with Gasteiger partial charge in [-0.3, -0.25) is 14.9 Å². The zero-order valence-electron chi connectivity index (χ0n) is 13.7. The van der Waals surface area contributed by atoms with Crippen molar-refractivity contribution in [1.29, 1.82) is 0 Å². The van der Waals surface area contributed by atoms with Crippen LogP contribution in [0.3, 0.4) is 0 Å². The molecule has 24 heavy (non-hydrogen) atoms. The molecule has 0 aliphatic heterocycles. The van der Waals surface area contributed by atoms with E-state index in [9.17, 15) is 14.9 Å². The molecule has 1 atom stereocenters. The third kappa shape index (κ3) is 4.55. The second-order valence-electron chi connectivity index (χ2n) is 5.44. The average Bonchev–Trinajstić information content (AvgIpc) is 2.61. The predicted molar refractivity (Wildman–Crippen MR) is 90.8 cm³/mol. The van der Waals surface area contributed by atoms with Gasteiger partial charge < -0.3 is 9.64 Å². The molecule has 0 spiro atoms. The quantitative estimate of drug-likeness (QED) is 0.575. The lowest BCUT2D eigenvalue weighted by Gasteiger charge is -2.25. The van der Waals surface area contributed by atoms with Crippen LogP contribution in [-0.4, -0.2) is 29.4 Å². The normalized spacial score (nSPS) is 11.6. The molecule has 0 aliphatic carbocycles. The van der Waals surface area contributed by atoms with Gasteiger partial charge in [0.2, 0.25) is 5.91 Å². The first kappa shape index (κ1) is 17.5. The number of benzene rings is 2. The number of para-hydroxylation sites is 1. The standard InChI is InChI=1S/C18H20N2O4/c1-14(15-7-6-8-16(13-15)20(22)23)19(2)18(21)11-12-24-17-9-4-3-5-10-17/h3-10,13-14H,11-12H2,1-2H3/t14-/m0/s1. The number of carbonyl (C=O) groups excluding carboxylic acids is 1. The Kier molecular flexibility index (Phi) is 5.89. The number of rotatable bonds is 7. The van der Waals surface area contributed by atoms with Gasteiger partial charge >= 0.3 is 0 Å². The number of nitro groups is 1. The van der Waals surface area contributed by atoms with Crippen LogP contribution in [0.15, 0.2) is 54.6 Å². The molecule has 0 heterocycles. The number of non-ortho nitro benzene ring substituents is 1. The SMILES string of the molecule is C[C@@H](c1cccc([N+](=O)[O-])c1)N(C)C(=O)CCOc1ccccc1. The maximum absolute atomic E-state index is 12.3. The molecule has 0 saturated carbocycles. The first-order valence-corrected chi connectivity index (χ1v) is 7.67. The number of hydrogen-bond donors (Lipinski definition) is 0. The minimum atomic E-state index is -0.439. The van der Waals surface area contributed by atoms with Gasteiger partial charge in [-0.15, -0.1) is 0 Å². The first-order chi connectivity index (χ1) is 11.5. The van der Waals surface area contributed by atoms with E-state index >= 15 is 0 Å². The van der Waals surface area contributed by atoms with Gasteiger partial charge in [0, 0.05) is 19.2 Å². The molecule has 0 N–H and O–H groups in total. The van der Waals surface area contributed by atoms with Crippen LogP contribution in [0.1, 0.15) is 24.9 Å². The minimum Gasteiger partial charge on any atom is -0.493 e. The topological polar surface area (TPSA) is 72.7 Å². The Morgan fingerprint density at radius 2 is 1.92 bits per heavy atom. The van der Waals surface area contributed by atoms with Gasteiger partial charge in [0.15, 0.2) is 0 Å². The van der Waals surface area contributed by atoms with Crippen molar-refractivity contribution >= 4 is 11.6 Å². The number of ether oxygens (including phenoxy) is 1. The molecular weight excluding hydrogens is 308 g/mol. The molecule has 2 aromatic carbocycles. The number of nitrogens with zero attached hydrogens (tertiary/aromatic N) is 2. The van der Waals surface area contributed by atoms with Crippen molar-refractivity contribution < 1.29 is 14.5 Å². The molecule has 126 valence electrons. The van der Waals surface area contributed by atoms with E-state index in [1.54, 1.807) is 24.1 Å². The van der Waals surface area contributed by atoms with Crippen molar-refractivity contribution in [2.75, 3.05) is 13.7 Å². The zero-order valence-corrected chi connectivity index (χ0v) is 13.7. The van der Waals surface area contributed by atoms with Crippen LogP contribution < -0.4 is 4.74 Å². The zero-order chi connectivity index (χ0) is 17.5. The fraction of sp³-hybridized carbons (Fsp3) is 0.278. The van der Waals surface area contributed by atoms with Gasteiger partial charge in [0.1, 0.15) is 5.75 Å². The molecule has 0 bridgehead atoms. The molecule has 0 unspecified atom stereocenters. The van der Waals surface area contributed by atoms with Gasteiger partial charge in [0.25, 0.3) is 5.69 Å². The summed E-state index contributed by atoms with van der Waals surface area (Å²) in [5.41, 5.74) is 0.747. The summed E-state index contributed by atoms with van der Waals surface area (Å²) < 4.78 is 5.53. The average molecular weight is 328 g/mol. The summed E-state index contributed by atoms with van der Waals surface area (Å²) in [6.07, 6.45) is 0.241. The van der Waals surface area contributed by atoms with Gasteiger partial charge in [-0.2, -0.15) is 0 Å². The van der Waals surface area contributed by atoms with Crippen molar-refractivity contribution in [3.63, 3.8) is 0 Å². The van der Waals surface area contributed by atoms with Crippen LogP contribution in [0.2, 0.25) is 0 Å². The molecule has 2 aromatic rings. The highest BCUT2D eigenvalue weighted by atomic mass is 16.6. The highest BCUT2D eigenvalue weighted by molar-refractivity contribution is 5.76. The van der Waals surface area contributed by atoms with Crippen molar-refractivity contribution in [3.05, 3.63) is 70.3 Å². The molecule has 0 aliphatic rings. The van der Waals surface area contributed by atoms with Crippen LogP contribution in [0.4, 0.5) is 5.69 Å². The molecular formula is C18H20N2O4. The molecule has 2 rings (SSSR count). The Morgan fingerprint density at radius 1 is 1.21 bits per heavy atom. The summed E-state index contributed by atoms with van der Waals surface area (Å²) in [7, 11) is 1.69. The van der Waals surface area contributed by atoms with Crippen molar-refractivity contribution in [3.8, 4) is 5.75 Å². The van der Waals surface area contributed by atoms with Crippen LogP contribution in [0.25, 0.3) is 0 Å². The molecule has 6 heteroatoms. The summed E-state index contributed by atoms with van der Waals surface area (Å²) in [6.45, 7) is 2.13. The highest BCUT2D eigenvalue weighted by Gasteiger charge is 2.19. The molecule has 0 fully saturated rings. The van der Waals surface area contributed by atoms with E-state index in [1.807, 2.05) is 37.3 Å². The maximum atomic E-state index is 12.3. The first-order valence-electron chi connectivity index (χ1n) is 7.67. The third-order valence-electron chi connectivity index (χ3n) is 3.87. The molecule has 0 radical (unpaired) electrons. The Bertz CT molecular complexity index is 703. The fourth-order valence-corrected chi connectivity index (χ4v) is 2.29. The summed E-state index contributed by atoms with van der Waals surface area (Å²) in [5.74, 6) is 0.643. The Morgan fingerprint density at radius 3 is 2.58 bits per heavy atom. The second kappa shape index (κ2) is 8.10. The van der Waals surface area contributed by atoms with E-state index in [0.717, 1.165) is 11.3 Å². The Labute approximate surface area is 140 Å². The second-order valence-corrected chi connectivity index (χ2v) is 5.44. The number of hydrogen-bond acceptors (Lipinski definition) is 4. The fourth-order valence-electron chi connectivity index (χ4n) is 2.29. The van der Waals surface area contributed by atoms with Crippen LogP contribution >= 0.6 is 0 Å². The maximum Gasteiger partial charge on any atom is 0.269 e. The van der Waals surface area contributed by atoms with E-state index in [-0.39, 0.29) is 30.7 Å². The lowest BCUT2D eigenvalue weighted by Crippen LogP contribution is -2.30. The molecule has 0 saturated heterocycles. The Hall–Kier alpha value is -2.89. The van der Waals surface area contributed by atoms with Gasteiger partial charge in [-0.1, -0.05) is 30.3 Å². The van der Waals surface area contributed by atoms with Crippen molar-refractivity contribution in [2.45, 2.75) is 19.4 Å². The molecule has 1 amide bonds. The summed E-state index contributed by atoms with van der Waals surface area (Å²) >= 11 is 0. The molecule has 6 nitrogen and oxygen atoms in total. The number of nitro benzene ring substituents is 1. The van der Waals surface area contributed by atoms with Gasteiger partial charge in [-0.25, -0.2) is 0 Å². The van der Waals surface area contributed by atoms with Crippen molar-refractivity contribution in [2.24, 2.45) is 0 Å². The van der Waals surface area contributed by atoms with E-state index in [0.29, 0.717) is 0 Å². The highest BCUT2D eigenvalue weighted by Crippen LogP contribution is 2.23. The van der Waals surface area contributed by atoms with Gasteiger partial charge in [-0.05, 0) is 24.6 Å². The Balaban J connectivity index is 1.92. The lowest BCUT2D eigenvalue weighted by atomic mass is 10.1. The van der Waals surface area contributed by atoms with E-state index in [4.69, 9.17) is 4.74 Å².